The van der Waals surface area contributed by atoms with Crippen LogP contribution in [-0.4, -0.2) is 27.9 Å². The number of amides is 2. The Morgan fingerprint density at radius 3 is 2.52 bits per heavy atom. The van der Waals surface area contributed by atoms with Gasteiger partial charge < -0.3 is 10.6 Å². The van der Waals surface area contributed by atoms with E-state index in [1.165, 1.54) is 30.5 Å². The second-order valence-electron chi connectivity index (χ2n) is 6.86. The first-order chi connectivity index (χ1) is 14.9. The van der Waals surface area contributed by atoms with Crippen molar-refractivity contribution in [1.82, 2.24) is 14.9 Å². The van der Waals surface area contributed by atoms with Gasteiger partial charge in [-0.1, -0.05) is 19.1 Å². The molecule has 31 heavy (non-hydrogen) atoms. The van der Waals surface area contributed by atoms with Gasteiger partial charge in [-0.2, -0.15) is 0 Å². The fourth-order valence-electron chi connectivity index (χ4n) is 3.09. The van der Waals surface area contributed by atoms with E-state index in [0.29, 0.717) is 17.8 Å². The van der Waals surface area contributed by atoms with E-state index in [-0.39, 0.29) is 17.9 Å². The van der Waals surface area contributed by atoms with Gasteiger partial charge in [0.1, 0.15) is 23.7 Å². The van der Waals surface area contributed by atoms with E-state index in [4.69, 9.17) is 0 Å². The third-order valence-electron chi connectivity index (χ3n) is 4.65. The van der Waals surface area contributed by atoms with E-state index in [1.54, 1.807) is 13.0 Å². The SMILES string of the molecule is CCNC(=O)c1cnc(-c2ccc(F)cc2)n(CC(=O)Nc2cccc(CC)c2)c1=O. The van der Waals surface area contributed by atoms with Gasteiger partial charge in [0.25, 0.3) is 11.5 Å². The monoisotopic (exact) mass is 422 g/mol. The summed E-state index contributed by atoms with van der Waals surface area (Å²) in [6, 6.07) is 12.8. The molecule has 0 bridgehead atoms. The van der Waals surface area contributed by atoms with E-state index >= 15 is 0 Å². The summed E-state index contributed by atoms with van der Waals surface area (Å²) in [5.74, 6) is -1.30. The van der Waals surface area contributed by atoms with Gasteiger partial charge in [-0.25, -0.2) is 9.37 Å². The molecule has 0 aliphatic heterocycles. The Morgan fingerprint density at radius 1 is 1.10 bits per heavy atom. The molecule has 0 radical (unpaired) electrons. The second-order valence-corrected chi connectivity index (χ2v) is 6.86. The minimum absolute atomic E-state index is 0.163. The minimum atomic E-state index is -0.655. The molecule has 0 saturated carbocycles. The van der Waals surface area contributed by atoms with Crippen LogP contribution in [0.1, 0.15) is 29.8 Å². The molecule has 0 aliphatic carbocycles. The zero-order valence-corrected chi connectivity index (χ0v) is 17.3. The number of nitrogens with one attached hydrogen (secondary N) is 2. The summed E-state index contributed by atoms with van der Waals surface area (Å²) in [6.45, 7) is 3.72. The standard InChI is InChI=1S/C23H23FN4O3/c1-3-15-6-5-7-18(12-15)27-20(29)14-28-21(16-8-10-17(24)11-9-16)26-13-19(23(28)31)22(30)25-4-2/h5-13H,3-4,14H2,1-2H3,(H,25,30)(H,27,29). The zero-order chi connectivity index (χ0) is 22.4. The number of carbonyl (C=O) groups excluding carboxylic acids is 2. The number of rotatable bonds is 7. The summed E-state index contributed by atoms with van der Waals surface area (Å²) in [6.07, 6.45) is 1.99. The largest absolute Gasteiger partial charge is 0.352 e. The van der Waals surface area contributed by atoms with Crippen LogP contribution in [0.25, 0.3) is 11.4 Å². The molecule has 1 aromatic heterocycles. The maximum absolute atomic E-state index is 13.3. The van der Waals surface area contributed by atoms with Gasteiger partial charge in [-0.3, -0.25) is 19.0 Å². The van der Waals surface area contributed by atoms with Crippen molar-refractivity contribution in [2.45, 2.75) is 26.8 Å². The number of anilines is 1. The van der Waals surface area contributed by atoms with Crippen LogP contribution in [0.15, 0.2) is 59.5 Å². The minimum Gasteiger partial charge on any atom is -0.352 e. The van der Waals surface area contributed by atoms with E-state index < -0.39 is 23.2 Å². The predicted molar refractivity (Wildman–Crippen MR) is 116 cm³/mol. The van der Waals surface area contributed by atoms with Crippen LogP contribution in [-0.2, 0) is 17.8 Å². The molecule has 0 atom stereocenters. The number of benzene rings is 2. The molecule has 0 spiro atoms. The number of halogens is 1. The molecule has 2 amide bonds. The number of nitrogens with zero attached hydrogens (tertiary/aromatic N) is 2. The molecule has 0 unspecified atom stereocenters. The smallest absolute Gasteiger partial charge is 0.267 e. The van der Waals surface area contributed by atoms with Crippen LogP contribution in [0.4, 0.5) is 10.1 Å². The van der Waals surface area contributed by atoms with Gasteiger partial charge in [-0.05, 0) is 55.3 Å². The van der Waals surface area contributed by atoms with E-state index in [2.05, 4.69) is 15.6 Å². The average Bonchev–Trinajstić information content (AvgIpc) is 2.76. The number of aryl methyl sites for hydroxylation is 1. The Balaban J connectivity index is 1.99. The second kappa shape index (κ2) is 9.80. The molecule has 1 heterocycles. The number of hydrogen-bond donors (Lipinski definition) is 2. The van der Waals surface area contributed by atoms with Gasteiger partial charge in [-0.15, -0.1) is 0 Å². The summed E-state index contributed by atoms with van der Waals surface area (Å²) in [5.41, 5.74) is 1.28. The van der Waals surface area contributed by atoms with Crippen LogP contribution in [0.3, 0.4) is 0 Å². The molecule has 3 aromatic rings. The number of carbonyl (C=O) groups is 2. The lowest BCUT2D eigenvalue weighted by molar-refractivity contribution is -0.116. The summed E-state index contributed by atoms with van der Waals surface area (Å²) < 4.78 is 14.5. The van der Waals surface area contributed by atoms with E-state index in [0.717, 1.165) is 16.6 Å². The van der Waals surface area contributed by atoms with Crippen molar-refractivity contribution in [3.8, 4) is 11.4 Å². The van der Waals surface area contributed by atoms with Crippen molar-refractivity contribution in [2.24, 2.45) is 0 Å². The maximum atomic E-state index is 13.3. The van der Waals surface area contributed by atoms with Crippen LogP contribution >= 0.6 is 0 Å². The lowest BCUT2D eigenvalue weighted by atomic mass is 10.1. The van der Waals surface area contributed by atoms with Crippen molar-refractivity contribution in [3.05, 3.63) is 82.0 Å². The van der Waals surface area contributed by atoms with Crippen LogP contribution in [0.2, 0.25) is 0 Å². The highest BCUT2D eigenvalue weighted by molar-refractivity contribution is 5.94. The van der Waals surface area contributed by atoms with Crippen LogP contribution in [0.5, 0.6) is 0 Å². The van der Waals surface area contributed by atoms with E-state index in [9.17, 15) is 18.8 Å². The van der Waals surface area contributed by atoms with Gasteiger partial charge >= 0.3 is 0 Å². The molecule has 2 aromatic carbocycles. The van der Waals surface area contributed by atoms with Crippen molar-refractivity contribution < 1.29 is 14.0 Å². The highest BCUT2D eigenvalue weighted by atomic mass is 19.1. The third kappa shape index (κ3) is 5.22. The van der Waals surface area contributed by atoms with Crippen LogP contribution in [0, 0.1) is 5.82 Å². The highest BCUT2D eigenvalue weighted by Crippen LogP contribution is 2.17. The lowest BCUT2D eigenvalue weighted by Crippen LogP contribution is -2.36. The summed E-state index contributed by atoms with van der Waals surface area (Å²) >= 11 is 0. The molecule has 0 fully saturated rings. The Bertz CT molecular complexity index is 1160. The van der Waals surface area contributed by atoms with Gasteiger partial charge in [0, 0.05) is 24.0 Å². The Kier molecular flexibility index (Phi) is 6.92. The molecule has 7 nitrogen and oxygen atoms in total. The fraction of sp³-hybridized carbons (Fsp3) is 0.217. The molecular weight excluding hydrogens is 399 g/mol. The van der Waals surface area contributed by atoms with Crippen molar-refractivity contribution in [2.75, 3.05) is 11.9 Å². The van der Waals surface area contributed by atoms with Crippen LogP contribution < -0.4 is 16.2 Å². The average molecular weight is 422 g/mol. The normalized spacial score (nSPS) is 10.5. The predicted octanol–water partition coefficient (Wildman–Crippen LogP) is 3.00. The van der Waals surface area contributed by atoms with Gasteiger partial charge in [0.2, 0.25) is 5.91 Å². The molecule has 0 saturated heterocycles. The summed E-state index contributed by atoms with van der Waals surface area (Å²) in [7, 11) is 0. The van der Waals surface area contributed by atoms with Crippen molar-refractivity contribution in [1.29, 1.82) is 0 Å². The zero-order valence-electron chi connectivity index (χ0n) is 17.3. The van der Waals surface area contributed by atoms with Gasteiger partial charge in [0.05, 0.1) is 0 Å². The Labute approximate surface area is 178 Å². The van der Waals surface area contributed by atoms with Gasteiger partial charge in [0.15, 0.2) is 0 Å². The molecule has 2 N–H and O–H groups in total. The maximum Gasteiger partial charge on any atom is 0.267 e. The summed E-state index contributed by atoms with van der Waals surface area (Å²) in [4.78, 5) is 42.2. The topological polar surface area (TPSA) is 93.1 Å². The molecule has 8 heteroatoms. The number of hydrogen-bond acceptors (Lipinski definition) is 4. The number of aromatic nitrogens is 2. The first kappa shape index (κ1) is 21.9. The third-order valence-corrected chi connectivity index (χ3v) is 4.65. The first-order valence-corrected chi connectivity index (χ1v) is 9.95. The van der Waals surface area contributed by atoms with Crippen molar-refractivity contribution >= 4 is 17.5 Å². The fourth-order valence-corrected chi connectivity index (χ4v) is 3.09. The molecular formula is C23H23FN4O3. The van der Waals surface area contributed by atoms with E-state index in [1.807, 2.05) is 25.1 Å². The summed E-state index contributed by atoms with van der Waals surface area (Å²) in [5, 5.41) is 5.33. The quantitative estimate of drug-likeness (QED) is 0.612. The lowest BCUT2D eigenvalue weighted by Gasteiger charge is -2.14. The molecule has 3 rings (SSSR count). The highest BCUT2D eigenvalue weighted by Gasteiger charge is 2.19. The Hall–Kier alpha value is -3.81. The molecule has 160 valence electrons. The Morgan fingerprint density at radius 2 is 1.84 bits per heavy atom. The van der Waals surface area contributed by atoms with Crippen molar-refractivity contribution in [3.63, 3.8) is 0 Å². The molecule has 0 aliphatic rings. The first-order valence-electron chi connectivity index (χ1n) is 9.95.